The van der Waals surface area contributed by atoms with Crippen molar-refractivity contribution in [1.82, 2.24) is 0 Å². The van der Waals surface area contributed by atoms with Gasteiger partial charge in [0.1, 0.15) is 0 Å². The Kier molecular flexibility index (Phi) is 8.17. The van der Waals surface area contributed by atoms with Crippen molar-refractivity contribution in [2.45, 2.75) is 27.2 Å². The Morgan fingerprint density at radius 1 is 1.15 bits per heavy atom. The highest BCUT2D eigenvalue weighted by Gasteiger charge is 2.22. The van der Waals surface area contributed by atoms with E-state index in [9.17, 15) is 4.57 Å². The van der Waals surface area contributed by atoms with Crippen LogP contribution in [0.15, 0.2) is 0 Å². The molecular weight excluding hydrogens is 207 g/mol. The van der Waals surface area contributed by atoms with Crippen LogP contribution in [0, 0.1) is 0 Å². The van der Waals surface area contributed by atoms with Crippen LogP contribution >= 0.6 is 19.4 Å². The molecule has 0 aliphatic rings. The molecule has 0 fully saturated rings. The van der Waals surface area contributed by atoms with Crippen molar-refractivity contribution in [3.63, 3.8) is 0 Å². The Balaban J connectivity index is 3.85. The van der Waals surface area contributed by atoms with E-state index in [4.69, 9.17) is 9.05 Å². The molecule has 0 aliphatic heterocycles. The van der Waals surface area contributed by atoms with E-state index in [2.05, 4.69) is 6.92 Å². The van der Waals surface area contributed by atoms with Crippen LogP contribution in [0.4, 0.5) is 0 Å². The van der Waals surface area contributed by atoms with Crippen molar-refractivity contribution in [3.8, 4) is 0 Å². The molecule has 0 saturated carbocycles. The fraction of sp³-hybridized carbons (Fsp3) is 1.00. The van der Waals surface area contributed by atoms with Crippen molar-refractivity contribution in [1.29, 1.82) is 0 Å². The monoisotopic (exact) mass is 226 g/mol. The van der Waals surface area contributed by atoms with E-state index in [1.807, 2.05) is 13.8 Å². The van der Waals surface area contributed by atoms with Crippen molar-refractivity contribution < 1.29 is 13.6 Å². The van der Waals surface area contributed by atoms with Gasteiger partial charge in [-0.3, -0.25) is 4.57 Å². The maximum Gasteiger partial charge on any atom is 0.340 e. The number of thioether (sulfide) groups is 1. The first-order valence-electron chi connectivity index (χ1n) is 4.64. The molecule has 13 heavy (non-hydrogen) atoms. The summed E-state index contributed by atoms with van der Waals surface area (Å²) in [4.78, 5) is 0. The average Bonchev–Trinajstić information content (AvgIpc) is 2.05. The summed E-state index contributed by atoms with van der Waals surface area (Å²) in [6.45, 7) is 6.65. The van der Waals surface area contributed by atoms with Crippen LogP contribution in [0.3, 0.4) is 0 Å². The number of rotatable bonds is 8. The van der Waals surface area contributed by atoms with Crippen LogP contribution < -0.4 is 0 Å². The lowest BCUT2D eigenvalue weighted by Crippen LogP contribution is -1.98. The zero-order valence-electron chi connectivity index (χ0n) is 8.62. The lowest BCUT2D eigenvalue weighted by molar-refractivity contribution is 0.224. The maximum absolute atomic E-state index is 11.8. The van der Waals surface area contributed by atoms with Crippen molar-refractivity contribution in [3.05, 3.63) is 0 Å². The number of hydrogen-bond donors (Lipinski definition) is 0. The Hall–Kier alpha value is 0.500. The van der Waals surface area contributed by atoms with Crippen molar-refractivity contribution in [2.24, 2.45) is 0 Å². The molecule has 0 aliphatic carbocycles. The van der Waals surface area contributed by atoms with Crippen LogP contribution in [0.5, 0.6) is 0 Å². The zero-order chi connectivity index (χ0) is 10.2. The van der Waals surface area contributed by atoms with Gasteiger partial charge in [-0.15, -0.1) is 11.8 Å². The minimum atomic E-state index is -2.79. The third-order valence-electron chi connectivity index (χ3n) is 1.25. The molecule has 0 amide bonds. The van der Waals surface area contributed by atoms with Crippen LogP contribution in [0.2, 0.25) is 0 Å². The minimum absolute atomic E-state index is 0.448. The summed E-state index contributed by atoms with van der Waals surface area (Å²) in [7, 11) is -2.79. The third kappa shape index (κ3) is 6.55. The summed E-state index contributed by atoms with van der Waals surface area (Å²) in [5.41, 5.74) is 0.475. The summed E-state index contributed by atoms with van der Waals surface area (Å²) in [5.74, 6) is 1.00. The van der Waals surface area contributed by atoms with Crippen LogP contribution in [-0.4, -0.2) is 24.5 Å². The fourth-order valence-electron chi connectivity index (χ4n) is 0.826. The molecular formula is C8H19O3PS. The Morgan fingerprint density at radius 3 is 2.08 bits per heavy atom. The van der Waals surface area contributed by atoms with E-state index in [-0.39, 0.29) is 0 Å². The van der Waals surface area contributed by atoms with E-state index >= 15 is 0 Å². The summed E-state index contributed by atoms with van der Waals surface area (Å²) in [6, 6.07) is 0. The van der Waals surface area contributed by atoms with Gasteiger partial charge in [0.05, 0.1) is 18.7 Å². The van der Waals surface area contributed by atoms with E-state index < -0.39 is 7.60 Å². The molecule has 0 spiro atoms. The fourth-order valence-corrected chi connectivity index (χ4v) is 3.98. The molecule has 0 radical (unpaired) electrons. The highest BCUT2D eigenvalue weighted by atomic mass is 32.2. The average molecular weight is 226 g/mol. The molecule has 0 bridgehead atoms. The summed E-state index contributed by atoms with van der Waals surface area (Å²) in [5, 5.41) is 0. The molecule has 0 N–H and O–H groups in total. The van der Waals surface area contributed by atoms with Gasteiger partial charge in [-0.2, -0.15) is 0 Å². The van der Waals surface area contributed by atoms with Gasteiger partial charge in [-0.1, -0.05) is 6.92 Å². The molecule has 0 saturated heterocycles. The molecule has 3 nitrogen and oxygen atoms in total. The van der Waals surface area contributed by atoms with Crippen molar-refractivity contribution in [2.75, 3.05) is 24.5 Å². The smallest absolute Gasteiger partial charge is 0.308 e. The number of hydrogen-bond acceptors (Lipinski definition) is 4. The van der Waals surface area contributed by atoms with Gasteiger partial charge in [0.2, 0.25) is 0 Å². The Labute approximate surface area is 85.1 Å². The summed E-state index contributed by atoms with van der Waals surface area (Å²) in [6.07, 6.45) is 1.09. The van der Waals surface area contributed by atoms with E-state index in [0.717, 1.165) is 12.2 Å². The lowest BCUT2D eigenvalue weighted by Gasteiger charge is -2.15. The Morgan fingerprint density at radius 2 is 1.69 bits per heavy atom. The normalized spacial score (nSPS) is 11.9. The summed E-state index contributed by atoms with van der Waals surface area (Å²) < 4.78 is 22.1. The zero-order valence-corrected chi connectivity index (χ0v) is 10.3. The van der Waals surface area contributed by atoms with E-state index in [0.29, 0.717) is 18.7 Å². The molecule has 0 unspecified atom stereocenters. The molecule has 0 rings (SSSR count). The highest BCUT2D eigenvalue weighted by molar-refractivity contribution is 8.04. The second-order valence-corrected chi connectivity index (χ2v) is 6.07. The first kappa shape index (κ1) is 13.5. The van der Waals surface area contributed by atoms with E-state index in [1.165, 1.54) is 0 Å². The predicted octanol–water partition coefficient (Wildman–Crippen LogP) is 3.35. The lowest BCUT2D eigenvalue weighted by atomic mass is 10.6. The molecule has 80 valence electrons. The molecule has 0 atom stereocenters. The van der Waals surface area contributed by atoms with E-state index in [1.54, 1.807) is 11.8 Å². The Bertz CT molecular complexity index is 153. The predicted molar refractivity (Wildman–Crippen MR) is 58.5 cm³/mol. The van der Waals surface area contributed by atoms with Gasteiger partial charge in [-0.25, -0.2) is 0 Å². The van der Waals surface area contributed by atoms with Gasteiger partial charge in [0, 0.05) is 0 Å². The van der Waals surface area contributed by atoms with Crippen LogP contribution in [-0.2, 0) is 13.6 Å². The standard InChI is InChI=1S/C8H19O3PS/c1-4-7-13-8-12(9,10-5-2)11-6-3/h4-8H2,1-3H3. The summed E-state index contributed by atoms with van der Waals surface area (Å²) >= 11 is 1.63. The third-order valence-corrected chi connectivity index (χ3v) is 5.24. The van der Waals surface area contributed by atoms with Crippen molar-refractivity contribution >= 4 is 19.4 Å². The topological polar surface area (TPSA) is 35.5 Å². The SMILES string of the molecule is CCCSCP(=O)(OCC)OCC. The van der Waals surface area contributed by atoms with Gasteiger partial charge in [0.15, 0.2) is 0 Å². The minimum Gasteiger partial charge on any atom is -0.308 e. The molecule has 0 aromatic rings. The maximum atomic E-state index is 11.8. The molecule has 5 heteroatoms. The second kappa shape index (κ2) is 7.86. The first-order chi connectivity index (χ1) is 6.18. The highest BCUT2D eigenvalue weighted by Crippen LogP contribution is 2.50. The molecule has 0 aromatic heterocycles. The van der Waals surface area contributed by atoms with Gasteiger partial charge >= 0.3 is 7.60 Å². The van der Waals surface area contributed by atoms with Gasteiger partial charge in [0.25, 0.3) is 0 Å². The van der Waals surface area contributed by atoms with Gasteiger partial charge < -0.3 is 9.05 Å². The van der Waals surface area contributed by atoms with Gasteiger partial charge in [-0.05, 0) is 26.0 Å². The molecule has 0 heterocycles. The largest absolute Gasteiger partial charge is 0.340 e. The van der Waals surface area contributed by atoms with Crippen LogP contribution in [0.25, 0.3) is 0 Å². The molecule has 0 aromatic carbocycles. The quantitative estimate of drug-likeness (QED) is 0.469. The van der Waals surface area contributed by atoms with Crippen LogP contribution in [0.1, 0.15) is 27.2 Å². The first-order valence-corrected chi connectivity index (χ1v) is 7.52. The second-order valence-electron chi connectivity index (χ2n) is 2.48.